The number of benzene rings is 1. The SMILES string of the molecule is CC(C#N)(CCCF)N=Cc1ccccc1. The second-order valence-corrected chi connectivity index (χ2v) is 3.85. The summed E-state index contributed by atoms with van der Waals surface area (Å²) in [4.78, 5) is 4.23. The van der Waals surface area contributed by atoms with E-state index in [1.54, 1.807) is 13.1 Å². The number of hydrogen-bond acceptors (Lipinski definition) is 2. The van der Waals surface area contributed by atoms with Crippen molar-refractivity contribution in [3.63, 3.8) is 0 Å². The lowest BCUT2D eigenvalue weighted by Gasteiger charge is -2.14. The zero-order valence-corrected chi connectivity index (χ0v) is 9.36. The van der Waals surface area contributed by atoms with Gasteiger partial charge in [0.15, 0.2) is 0 Å². The third kappa shape index (κ3) is 3.82. The molecule has 0 saturated heterocycles. The number of hydrogen-bond donors (Lipinski definition) is 0. The number of aliphatic imine (C=N–C) groups is 1. The first-order valence-electron chi connectivity index (χ1n) is 5.28. The Morgan fingerprint density at radius 3 is 2.69 bits per heavy atom. The highest BCUT2D eigenvalue weighted by molar-refractivity contribution is 5.79. The van der Waals surface area contributed by atoms with Gasteiger partial charge in [-0.1, -0.05) is 30.3 Å². The third-order valence-corrected chi connectivity index (χ3v) is 2.34. The molecule has 0 saturated carbocycles. The first-order chi connectivity index (χ1) is 7.70. The van der Waals surface area contributed by atoms with Crippen molar-refractivity contribution in [3.8, 4) is 6.07 Å². The summed E-state index contributed by atoms with van der Waals surface area (Å²) in [6.45, 7) is 1.32. The molecule has 3 heteroatoms. The Hall–Kier alpha value is -1.69. The largest absolute Gasteiger partial charge is 0.271 e. The fourth-order valence-corrected chi connectivity index (χ4v) is 1.32. The van der Waals surface area contributed by atoms with E-state index in [1.165, 1.54) is 0 Å². The molecule has 84 valence electrons. The zero-order chi connectivity index (χ0) is 11.9. The van der Waals surface area contributed by atoms with Gasteiger partial charge in [-0.25, -0.2) is 0 Å². The van der Waals surface area contributed by atoms with Gasteiger partial charge in [0.25, 0.3) is 0 Å². The van der Waals surface area contributed by atoms with E-state index in [9.17, 15) is 4.39 Å². The van der Waals surface area contributed by atoms with Crippen molar-refractivity contribution in [1.29, 1.82) is 5.26 Å². The highest BCUT2D eigenvalue weighted by atomic mass is 19.1. The number of nitrogens with zero attached hydrogens (tertiary/aromatic N) is 2. The van der Waals surface area contributed by atoms with Gasteiger partial charge in [0.2, 0.25) is 0 Å². The molecule has 0 aliphatic carbocycles. The van der Waals surface area contributed by atoms with Crippen LogP contribution in [0.2, 0.25) is 0 Å². The maximum Gasteiger partial charge on any atom is 0.144 e. The van der Waals surface area contributed by atoms with E-state index in [0.717, 1.165) is 5.56 Å². The number of nitriles is 1. The number of halogens is 1. The van der Waals surface area contributed by atoms with E-state index in [1.807, 2.05) is 30.3 Å². The van der Waals surface area contributed by atoms with Gasteiger partial charge in [0.1, 0.15) is 5.54 Å². The van der Waals surface area contributed by atoms with Gasteiger partial charge < -0.3 is 0 Å². The molecule has 0 radical (unpaired) electrons. The molecule has 1 rings (SSSR count). The van der Waals surface area contributed by atoms with Gasteiger partial charge in [0.05, 0.1) is 12.7 Å². The zero-order valence-electron chi connectivity index (χ0n) is 9.36. The molecule has 0 amide bonds. The van der Waals surface area contributed by atoms with Crippen LogP contribution >= 0.6 is 0 Å². The van der Waals surface area contributed by atoms with Crippen molar-refractivity contribution < 1.29 is 4.39 Å². The Bertz CT molecular complexity index is 381. The Labute approximate surface area is 95.4 Å². The maximum atomic E-state index is 12.1. The van der Waals surface area contributed by atoms with Crippen LogP contribution in [0.5, 0.6) is 0 Å². The normalized spacial score (nSPS) is 14.6. The number of rotatable bonds is 5. The molecule has 16 heavy (non-hydrogen) atoms. The summed E-state index contributed by atoms with van der Waals surface area (Å²) in [6.07, 6.45) is 2.49. The fourth-order valence-electron chi connectivity index (χ4n) is 1.32. The van der Waals surface area contributed by atoms with Crippen LogP contribution in [-0.4, -0.2) is 18.4 Å². The van der Waals surface area contributed by atoms with Crippen LogP contribution in [0.3, 0.4) is 0 Å². The number of alkyl halides is 1. The molecule has 2 nitrogen and oxygen atoms in total. The van der Waals surface area contributed by atoms with E-state index in [-0.39, 0.29) is 0 Å². The molecule has 0 spiro atoms. The smallest absolute Gasteiger partial charge is 0.144 e. The molecule has 0 aliphatic rings. The van der Waals surface area contributed by atoms with Crippen molar-refractivity contribution in [3.05, 3.63) is 35.9 Å². The first-order valence-corrected chi connectivity index (χ1v) is 5.28. The predicted molar refractivity (Wildman–Crippen MR) is 63.3 cm³/mol. The maximum absolute atomic E-state index is 12.1. The predicted octanol–water partition coefficient (Wildman–Crippen LogP) is 3.14. The van der Waals surface area contributed by atoms with Gasteiger partial charge in [0, 0.05) is 6.21 Å². The van der Waals surface area contributed by atoms with Gasteiger partial charge in [-0.3, -0.25) is 9.38 Å². The minimum atomic E-state index is -0.818. The van der Waals surface area contributed by atoms with Gasteiger partial charge in [-0.15, -0.1) is 0 Å². The molecule has 0 aromatic heterocycles. The Morgan fingerprint density at radius 1 is 1.44 bits per heavy atom. The minimum absolute atomic E-state index is 0.371. The van der Waals surface area contributed by atoms with Crippen LogP contribution in [0, 0.1) is 11.3 Å². The Balaban J connectivity index is 2.70. The van der Waals surface area contributed by atoms with E-state index in [2.05, 4.69) is 11.1 Å². The van der Waals surface area contributed by atoms with Crippen molar-refractivity contribution in [2.45, 2.75) is 25.3 Å². The van der Waals surface area contributed by atoms with E-state index in [0.29, 0.717) is 12.8 Å². The summed E-state index contributed by atoms with van der Waals surface area (Å²) in [5, 5.41) is 9.00. The molecule has 0 bridgehead atoms. The summed E-state index contributed by atoms with van der Waals surface area (Å²) in [7, 11) is 0. The van der Waals surface area contributed by atoms with Crippen LogP contribution < -0.4 is 0 Å². The summed E-state index contributed by atoms with van der Waals surface area (Å²) >= 11 is 0. The van der Waals surface area contributed by atoms with Crippen LogP contribution in [0.15, 0.2) is 35.3 Å². The summed E-state index contributed by atoms with van der Waals surface area (Å²) in [5.74, 6) is 0. The lowest BCUT2D eigenvalue weighted by atomic mass is 9.99. The standard InChI is InChI=1S/C13H15FN2/c1-13(11-15,8-5-9-14)16-10-12-6-3-2-4-7-12/h2-4,6-7,10H,5,8-9H2,1H3. The third-order valence-electron chi connectivity index (χ3n) is 2.34. The molecule has 0 N–H and O–H groups in total. The molecule has 0 fully saturated rings. The van der Waals surface area contributed by atoms with E-state index >= 15 is 0 Å². The molecule has 0 heterocycles. The first kappa shape index (κ1) is 12.4. The molecule has 1 unspecified atom stereocenters. The van der Waals surface area contributed by atoms with Crippen LogP contribution in [0.1, 0.15) is 25.3 Å². The molecular formula is C13H15FN2. The summed E-state index contributed by atoms with van der Waals surface area (Å²) in [5.41, 5.74) is 0.131. The molecule has 1 aromatic carbocycles. The molecule has 0 aliphatic heterocycles. The second-order valence-electron chi connectivity index (χ2n) is 3.85. The average Bonchev–Trinajstić information content (AvgIpc) is 2.35. The average molecular weight is 218 g/mol. The minimum Gasteiger partial charge on any atom is -0.271 e. The van der Waals surface area contributed by atoms with Crippen LogP contribution in [-0.2, 0) is 0 Å². The van der Waals surface area contributed by atoms with E-state index in [4.69, 9.17) is 5.26 Å². The van der Waals surface area contributed by atoms with Crippen molar-refractivity contribution >= 4 is 6.21 Å². The van der Waals surface area contributed by atoms with Crippen molar-refractivity contribution in [2.24, 2.45) is 4.99 Å². The van der Waals surface area contributed by atoms with Crippen molar-refractivity contribution in [1.82, 2.24) is 0 Å². The highest BCUT2D eigenvalue weighted by Gasteiger charge is 2.20. The quantitative estimate of drug-likeness (QED) is 0.699. The van der Waals surface area contributed by atoms with Crippen LogP contribution in [0.25, 0.3) is 0 Å². The Kier molecular flexibility index (Phi) is 4.65. The monoisotopic (exact) mass is 218 g/mol. The Morgan fingerprint density at radius 2 is 2.12 bits per heavy atom. The topological polar surface area (TPSA) is 36.1 Å². The lowest BCUT2D eigenvalue weighted by Crippen LogP contribution is -2.19. The molecule has 1 atom stereocenters. The van der Waals surface area contributed by atoms with Gasteiger partial charge in [-0.05, 0) is 25.3 Å². The second kappa shape index (κ2) is 6.02. The van der Waals surface area contributed by atoms with E-state index < -0.39 is 12.2 Å². The lowest BCUT2D eigenvalue weighted by molar-refractivity contribution is 0.423. The molecular weight excluding hydrogens is 203 g/mol. The summed E-state index contributed by atoms with van der Waals surface area (Å²) < 4.78 is 12.1. The molecule has 1 aromatic rings. The van der Waals surface area contributed by atoms with Gasteiger partial charge >= 0.3 is 0 Å². The summed E-state index contributed by atoms with van der Waals surface area (Å²) in [6, 6.07) is 11.7. The van der Waals surface area contributed by atoms with Crippen LogP contribution in [0.4, 0.5) is 4.39 Å². The van der Waals surface area contributed by atoms with Crippen molar-refractivity contribution in [2.75, 3.05) is 6.67 Å². The fraction of sp³-hybridized carbons (Fsp3) is 0.385. The van der Waals surface area contributed by atoms with Gasteiger partial charge in [-0.2, -0.15) is 5.26 Å². The highest BCUT2D eigenvalue weighted by Crippen LogP contribution is 2.16.